The summed E-state index contributed by atoms with van der Waals surface area (Å²) in [5.41, 5.74) is 1.45. The minimum absolute atomic E-state index is 0.221. The Kier molecular flexibility index (Phi) is 3.52. The van der Waals surface area contributed by atoms with Crippen molar-refractivity contribution in [3.63, 3.8) is 0 Å². The molecule has 2 nitrogen and oxygen atoms in total. The molecule has 0 saturated carbocycles. The number of halogens is 2. The van der Waals surface area contributed by atoms with E-state index in [4.69, 9.17) is 0 Å². The first kappa shape index (κ1) is 13.5. The molecule has 0 spiro atoms. The van der Waals surface area contributed by atoms with Gasteiger partial charge in [-0.05, 0) is 42.1 Å². The lowest BCUT2D eigenvalue weighted by atomic mass is 10.1. The third kappa shape index (κ3) is 2.84. The summed E-state index contributed by atoms with van der Waals surface area (Å²) in [5, 5.41) is 5.32. The Bertz CT molecular complexity index is 761. The molecule has 4 heteroatoms. The lowest BCUT2D eigenvalue weighted by molar-refractivity contribution is 0.577. The molecule has 2 aromatic carbocycles. The molecule has 1 aromatic heterocycles. The normalized spacial score (nSPS) is 12.3. The van der Waals surface area contributed by atoms with Crippen LogP contribution in [0.3, 0.4) is 0 Å². The fourth-order valence-corrected chi connectivity index (χ4v) is 2.38. The van der Waals surface area contributed by atoms with Gasteiger partial charge in [-0.3, -0.25) is 4.98 Å². The standard InChI is InChI=1S/C17H14F2N2/c1-11(13-7-14(18)9-15(19)8-13)21-17-4-2-3-12-5-6-20-10-16(12)17/h2-11,21H,1H3. The summed E-state index contributed by atoms with van der Waals surface area (Å²) in [6.45, 7) is 1.86. The van der Waals surface area contributed by atoms with Gasteiger partial charge < -0.3 is 5.32 Å². The van der Waals surface area contributed by atoms with Crippen LogP contribution >= 0.6 is 0 Å². The molecule has 1 N–H and O–H groups in total. The maximum Gasteiger partial charge on any atom is 0.126 e. The van der Waals surface area contributed by atoms with Crippen LogP contribution < -0.4 is 5.32 Å². The predicted octanol–water partition coefficient (Wildman–Crippen LogP) is 4.69. The van der Waals surface area contributed by atoms with Crippen molar-refractivity contribution in [3.8, 4) is 0 Å². The Balaban J connectivity index is 1.94. The molecule has 1 unspecified atom stereocenters. The smallest absolute Gasteiger partial charge is 0.126 e. The Labute approximate surface area is 121 Å². The summed E-state index contributed by atoms with van der Waals surface area (Å²) in [6, 6.07) is 11.1. The number of rotatable bonds is 3. The van der Waals surface area contributed by atoms with Gasteiger partial charge in [-0.25, -0.2) is 8.78 Å². The first-order valence-corrected chi connectivity index (χ1v) is 6.69. The van der Waals surface area contributed by atoms with Crippen molar-refractivity contribution in [2.24, 2.45) is 0 Å². The van der Waals surface area contributed by atoms with Crippen LogP contribution in [0.1, 0.15) is 18.5 Å². The van der Waals surface area contributed by atoms with E-state index in [1.807, 2.05) is 31.2 Å². The van der Waals surface area contributed by atoms with Crippen molar-refractivity contribution in [2.75, 3.05) is 5.32 Å². The molecule has 106 valence electrons. The highest BCUT2D eigenvalue weighted by Crippen LogP contribution is 2.27. The van der Waals surface area contributed by atoms with E-state index >= 15 is 0 Å². The highest BCUT2D eigenvalue weighted by atomic mass is 19.1. The minimum atomic E-state index is -0.571. The fraction of sp³-hybridized carbons (Fsp3) is 0.118. The van der Waals surface area contributed by atoms with E-state index in [0.717, 1.165) is 22.5 Å². The van der Waals surface area contributed by atoms with Gasteiger partial charge in [0.25, 0.3) is 0 Å². The number of fused-ring (bicyclic) bond motifs is 1. The second-order valence-electron chi connectivity index (χ2n) is 4.97. The Morgan fingerprint density at radius 1 is 1.05 bits per heavy atom. The first-order chi connectivity index (χ1) is 10.1. The van der Waals surface area contributed by atoms with E-state index in [1.54, 1.807) is 12.4 Å². The van der Waals surface area contributed by atoms with Crippen molar-refractivity contribution in [1.82, 2.24) is 4.98 Å². The van der Waals surface area contributed by atoms with Crippen molar-refractivity contribution in [3.05, 3.63) is 72.1 Å². The number of hydrogen-bond acceptors (Lipinski definition) is 2. The van der Waals surface area contributed by atoms with Gasteiger partial charge in [-0.2, -0.15) is 0 Å². The van der Waals surface area contributed by atoms with Crippen molar-refractivity contribution < 1.29 is 8.78 Å². The molecule has 3 rings (SSSR count). The maximum atomic E-state index is 13.3. The average Bonchev–Trinajstić information content (AvgIpc) is 2.46. The maximum absolute atomic E-state index is 13.3. The van der Waals surface area contributed by atoms with Gasteiger partial charge in [0, 0.05) is 35.6 Å². The van der Waals surface area contributed by atoms with Crippen LogP contribution in [0.25, 0.3) is 10.8 Å². The van der Waals surface area contributed by atoms with Gasteiger partial charge in [-0.15, -0.1) is 0 Å². The van der Waals surface area contributed by atoms with Crippen LogP contribution in [0.5, 0.6) is 0 Å². The number of anilines is 1. The molecular formula is C17H14F2N2. The molecule has 3 aromatic rings. The van der Waals surface area contributed by atoms with Gasteiger partial charge >= 0.3 is 0 Å². The quantitative estimate of drug-likeness (QED) is 0.755. The van der Waals surface area contributed by atoms with Crippen molar-refractivity contribution >= 4 is 16.5 Å². The van der Waals surface area contributed by atoms with E-state index in [9.17, 15) is 8.78 Å². The number of hydrogen-bond donors (Lipinski definition) is 1. The molecule has 0 bridgehead atoms. The molecule has 0 fully saturated rings. The molecule has 1 heterocycles. The van der Waals surface area contributed by atoms with Crippen LogP contribution in [0.15, 0.2) is 54.9 Å². The summed E-state index contributed by atoms with van der Waals surface area (Å²) in [5.74, 6) is -1.14. The van der Waals surface area contributed by atoms with Crippen LogP contribution in [0.2, 0.25) is 0 Å². The van der Waals surface area contributed by atoms with Gasteiger partial charge in [0.15, 0.2) is 0 Å². The Hall–Kier alpha value is -2.49. The Morgan fingerprint density at radius 3 is 2.57 bits per heavy atom. The molecule has 0 aliphatic rings. The fourth-order valence-electron chi connectivity index (χ4n) is 2.38. The van der Waals surface area contributed by atoms with Gasteiger partial charge in [0.05, 0.1) is 0 Å². The molecular weight excluding hydrogens is 270 g/mol. The van der Waals surface area contributed by atoms with Gasteiger partial charge in [0.2, 0.25) is 0 Å². The van der Waals surface area contributed by atoms with Crippen molar-refractivity contribution in [2.45, 2.75) is 13.0 Å². The highest BCUT2D eigenvalue weighted by molar-refractivity contribution is 5.93. The number of benzene rings is 2. The Morgan fingerprint density at radius 2 is 1.81 bits per heavy atom. The lowest BCUT2D eigenvalue weighted by Gasteiger charge is -2.17. The molecule has 21 heavy (non-hydrogen) atoms. The van der Waals surface area contributed by atoms with Crippen molar-refractivity contribution in [1.29, 1.82) is 0 Å². The second kappa shape index (κ2) is 5.48. The minimum Gasteiger partial charge on any atom is -0.378 e. The van der Waals surface area contributed by atoms with E-state index in [-0.39, 0.29) is 6.04 Å². The first-order valence-electron chi connectivity index (χ1n) is 6.69. The summed E-state index contributed by atoms with van der Waals surface area (Å²) in [7, 11) is 0. The largest absolute Gasteiger partial charge is 0.378 e. The summed E-state index contributed by atoms with van der Waals surface area (Å²) in [6.07, 6.45) is 3.51. The number of nitrogens with one attached hydrogen (secondary N) is 1. The zero-order chi connectivity index (χ0) is 14.8. The van der Waals surface area contributed by atoms with E-state index in [1.165, 1.54) is 12.1 Å². The molecule has 0 aliphatic heterocycles. The second-order valence-corrected chi connectivity index (χ2v) is 4.97. The topological polar surface area (TPSA) is 24.9 Å². The summed E-state index contributed by atoms with van der Waals surface area (Å²) >= 11 is 0. The van der Waals surface area contributed by atoms with Crippen LogP contribution in [0.4, 0.5) is 14.5 Å². The zero-order valence-corrected chi connectivity index (χ0v) is 11.5. The molecule has 0 aliphatic carbocycles. The monoisotopic (exact) mass is 284 g/mol. The number of aromatic nitrogens is 1. The zero-order valence-electron chi connectivity index (χ0n) is 11.5. The van der Waals surface area contributed by atoms with E-state index in [2.05, 4.69) is 10.3 Å². The van der Waals surface area contributed by atoms with Crippen LogP contribution in [0, 0.1) is 11.6 Å². The van der Waals surface area contributed by atoms with E-state index < -0.39 is 11.6 Å². The highest BCUT2D eigenvalue weighted by Gasteiger charge is 2.10. The lowest BCUT2D eigenvalue weighted by Crippen LogP contribution is -2.07. The van der Waals surface area contributed by atoms with Crippen LogP contribution in [-0.2, 0) is 0 Å². The third-order valence-electron chi connectivity index (χ3n) is 3.44. The predicted molar refractivity (Wildman–Crippen MR) is 80.1 cm³/mol. The number of pyridine rings is 1. The van der Waals surface area contributed by atoms with Gasteiger partial charge in [0.1, 0.15) is 11.6 Å². The molecule has 1 atom stereocenters. The molecule has 0 radical (unpaired) electrons. The average molecular weight is 284 g/mol. The summed E-state index contributed by atoms with van der Waals surface area (Å²) < 4.78 is 26.6. The van der Waals surface area contributed by atoms with E-state index in [0.29, 0.717) is 5.56 Å². The molecule has 0 saturated heterocycles. The van der Waals surface area contributed by atoms with Crippen LogP contribution in [-0.4, -0.2) is 4.98 Å². The third-order valence-corrected chi connectivity index (χ3v) is 3.44. The summed E-state index contributed by atoms with van der Waals surface area (Å²) in [4.78, 5) is 4.12. The van der Waals surface area contributed by atoms with Gasteiger partial charge in [-0.1, -0.05) is 12.1 Å². The number of nitrogens with zero attached hydrogens (tertiary/aromatic N) is 1. The molecule has 0 amide bonds. The SMILES string of the molecule is CC(Nc1cccc2ccncc12)c1cc(F)cc(F)c1.